The van der Waals surface area contributed by atoms with Crippen LogP contribution in [-0.2, 0) is 4.79 Å². The second-order valence-electron chi connectivity index (χ2n) is 9.60. The molecule has 2 aromatic rings. The van der Waals surface area contributed by atoms with Crippen LogP contribution in [0.3, 0.4) is 0 Å². The molecular formula is C24H34N4O. The summed E-state index contributed by atoms with van der Waals surface area (Å²) in [5, 5.41) is 8.21. The van der Waals surface area contributed by atoms with Crippen molar-refractivity contribution in [3.05, 3.63) is 30.3 Å². The van der Waals surface area contributed by atoms with E-state index in [1.54, 1.807) is 0 Å². The second kappa shape index (κ2) is 8.21. The number of pyridine rings is 1. The normalized spacial score (nSPS) is 22.7. The maximum absolute atomic E-state index is 12.6. The second-order valence-corrected chi connectivity index (χ2v) is 9.60. The molecule has 1 saturated heterocycles. The highest BCUT2D eigenvalue weighted by Crippen LogP contribution is 2.32. The van der Waals surface area contributed by atoms with E-state index in [4.69, 9.17) is 4.98 Å². The molecule has 29 heavy (non-hydrogen) atoms. The minimum Gasteiger partial charge on any atom is -0.371 e. The first kappa shape index (κ1) is 20.0. The van der Waals surface area contributed by atoms with Gasteiger partial charge in [-0.05, 0) is 31.7 Å². The fraction of sp³-hybridized carbons (Fsp3) is 0.583. The van der Waals surface area contributed by atoms with E-state index in [-0.39, 0.29) is 23.4 Å². The molecule has 2 atom stereocenters. The van der Waals surface area contributed by atoms with Crippen LogP contribution in [0.4, 0.5) is 11.5 Å². The lowest BCUT2D eigenvalue weighted by molar-refractivity contribution is -0.129. The molecule has 1 amide bonds. The van der Waals surface area contributed by atoms with Crippen molar-refractivity contribution in [3.8, 4) is 0 Å². The van der Waals surface area contributed by atoms with Crippen LogP contribution in [0.2, 0.25) is 0 Å². The maximum atomic E-state index is 12.6. The Balaban J connectivity index is 1.59. The van der Waals surface area contributed by atoms with Crippen molar-refractivity contribution < 1.29 is 4.79 Å². The number of nitrogens with zero attached hydrogens (tertiary/aromatic N) is 2. The molecule has 5 nitrogen and oxygen atoms in total. The van der Waals surface area contributed by atoms with E-state index >= 15 is 0 Å². The first-order chi connectivity index (χ1) is 13.9. The lowest BCUT2D eigenvalue weighted by Crippen LogP contribution is -2.51. The fourth-order valence-corrected chi connectivity index (χ4v) is 4.50. The van der Waals surface area contributed by atoms with Crippen LogP contribution < -0.4 is 15.5 Å². The number of amides is 1. The van der Waals surface area contributed by atoms with Gasteiger partial charge in [-0.3, -0.25) is 4.79 Å². The van der Waals surface area contributed by atoms with Crippen LogP contribution in [0.1, 0.15) is 59.3 Å². The molecule has 0 spiro atoms. The molecule has 1 aromatic heterocycles. The smallest absolute Gasteiger partial charge is 0.225 e. The van der Waals surface area contributed by atoms with Gasteiger partial charge in [-0.1, -0.05) is 51.8 Å². The zero-order valence-electron chi connectivity index (χ0n) is 18.0. The fourth-order valence-electron chi connectivity index (χ4n) is 4.50. The summed E-state index contributed by atoms with van der Waals surface area (Å²) in [4.78, 5) is 20.0. The summed E-state index contributed by atoms with van der Waals surface area (Å²) in [6.07, 6.45) is 6.93. The van der Waals surface area contributed by atoms with E-state index in [2.05, 4.69) is 45.9 Å². The number of anilines is 2. The van der Waals surface area contributed by atoms with Gasteiger partial charge in [0.15, 0.2) is 0 Å². The lowest BCUT2D eigenvalue weighted by Gasteiger charge is -2.35. The monoisotopic (exact) mass is 394 g/mol. The molecule has 4 rings (SSSR count). The Hall–Kier alpha value is -2.30. The third kappa shape index (κ3) is 4.49. The summed E-state index contributed by atoms with van der Waals surface area (Å²) < 4.78 is 0. The number of para-hydroxylation sites is 1. The largest absolute Gasteiger partial charge is 0.371 e. The number of hydrogen-bond acceptors (Lipinski definition) is 4. The van der Waals surface area contributed by atoms with Crippen molar-refractivity contribution in [1.29, 1.82) is 0 Å². The zero-order chi connectivity index (χ0) is 20.4. The van der Waals surface area contributed by atoms with E-state index in [9.17, 15) is 4.79 Å². The summed E-state index contributed by atoms with van der Waals surface area (Å²) in [6, 6.07) is 11.0. The van der Waals surface area contributed by atoms with Gasteiger partial charge in [0.25, 0.3) is 0 Å². The van der Waals surface area contributed by atoms with Gasteiger partial charge >= 0.3 is 0 Å². The Bertz CT molecular complexity index is 867. The first-order valence-electron chi connectivity index (χ1n) is 11.1. The quantitative estimate of drug-likeness (QED) is 0.788. The number of hydrogen-bond donors (Lipinski definition) is 2. The van der Waals surface area contributed by atoms with E-state index in [0.717, 1.165) is 43.7 Å². The highest BCUT2D eigenvalue weighted by atomic mass is 16.2. The van der Waals surface area contributed by atoms with Crippen molar-refractivity contribution in [1.82, 2.24) is 10.3 Å². The van der Waals surface area contributed by atoms with Crippen LogP contribution >= 0.6 is 0 Å². The highest BCUT2D eigenvalue weighted by Gasteiger charge is 2.30. The molecule has 2 unspecified atom stereocenters. The van der Waals surface area contributed by atoms with Gasteiger partial charge in [0.2, 0.25) is 5.91 Å². The highest BCUT2D eigenvalue weighted by molar-refractivity contribution is 5.93. The average molecular weight is 395 g/mol. The molecular weight excluding hydrogens is 360 g/mol. The molecule has 1 aliphatic carbocycles. The van der Waals surface area contributed by atoms with E-state index < -0.39 is 0 Å². The van der Waals surface area contributed by atoms with Gasteiger partial charge in [-0.25, -0.2) is 4.98 Å². The van der Waals surface area contributed by atoms with Gasteiger partial charge in [-0.2, -0.15) is 0 Å². The Morgan fingerprint density at radius 2 is 1.72 bits per heavy atom. The molecule has 1 aromatic carbocycles. The first-order valence-corrected chi connectivity index (χ1v) is 11.1. The van der Waals surface area contributed by atoms with Gasteiger partial charge in [0, 0.05) is 47.7 Å². The predicted octanol–water partition coefficient (Wildman–Crippen LogP) is 4.72. The molecule has 2 aliphatic rings. The van der Waals surface area contributed by atoms with Crippen molar-refractivity contribution in [2.45, 2.75) is 71.4 Å². The van der Waals surface area contributed by atoms with E-state index in [0.29, 0.717) is 0 Å². The zero-order valence-corrected chi connectivity index (χ0v) is 18.0. The number of nitrogens with one attached hydrogen (secondary N) is 2. The third-order valence-corrected chi connectivity index (χ3v) is 6.24. The summed E-state index contributed by atoms with van der Waals surface area (Å²) >= 11 is 0. The molecule has 2 N–H and O–H groups in total. The van der Waals surface area contributed by atoms with Gasteiger partial charge < -0.3 is 15.5 Å². The Labute approximate surface area is 174 Å². The number of fused-ring (bicyclic) bond motifs is 1. The number of rotatable bonds is 4. The number of benzene rings is 1. The summed E-state index contributed by atoms with van der Waals surface area (Å²) in [7, 11) is 0. The third-order valence-electron chi connectivity index (χ3n) is 6.24. The van der Waals surface area contributed by atoms with E-state index in [1.807, 2.05) is 20.8 Å². The molecule has 156 valence electrons. The predicted molar refractivity (Wildman–Crippen MR) is 120 cm³/mol. The molecule has 1 aliphatic heterocycles. The van der Waals surface area contributed by atoms with Crippen LogP contribution in [0, 0.1) is 5.41 Å². The van der Waals surface area contributed by atoms with Crippen molar-refractivity contribution in [2.75, 3.05) is 23.3 Å². The molecule has 0 radical (unpaired) electrons. The van der Waals surface area contributed by atoms with Crippen LogP contribution in [0.15, 0.2) is 30.3 Å². The summed E-state index contributed by atoms with van der Waals surface area (Å²) in [5.74, 6) is 1.05. The summed E-state index contributed by atoms with van der Waals surface area (Å²) in [6.45, 7) is 8.14. The number of carbonyl (C=O) groups excluding carboxylic acids is 1. The lowest BCUT2D eigenvalue weighted by atomic mass is 9.88. The van der Waals surface area contributed by atoms with E-state index in [1.165, 1.54) is 30.3 Å². The van der Waals surface area contributed by atoms with Gasteiger partial charge in [0.05, 0.1) is 5.52 Å². The minimum atomic E-state index is -0.369. The van der Waals surface area contributed by atoms with Crippen LogP contribution in [0.5, 0.6) is 0 Å². The topological polar surface area (TPSA) is 57.3 Å². The average Bonchev–Trinajstić information content (AvgIpc) is 3.23. The maximum Gasteiger partial charge on any atom is 0.225 e. The van der Waals surface area contributed by atoms with Crippen molar-refractivity contribution in [3.63, 3.8) is 0 Å². The number of carbonyl (C=O) groups is 1. The Kier molecular flexibility index (Phi) is 5.66. The Morgan fingerprint density at radius 3 is 2.45 bits per heavy atom. The molecule has 2 fully saturated rings. The standard InChI is InChI=1S/C24H34N4O/c1-24(2,3)23(29)27-20-13-7-6-12-19(20)26-22-16-21(28-14-8-9-15-28)17-10-4-5-11-18(17)25-22/h4-5,10-11,16,19-20H,6-9,12-15H2,1-3H3,(H,25,26)(H,27,29). The van der Waals surface area contributed by atoms with Crippen molar-refractivity contribution in [2.24, 2.45) is 5.41 Å². The Morgan fingerprint density at radius 1 is 1.03 bits per heavy atom. The summed E-state index contributed by atoms with van der Waals surface area (Å²) in [5.41, 5.74) is 1.94. The molecule has 1 saturated carbocycles. The minimum absolute atomic E-state index is 0.125. The molecule has 5 heteroatoms. The van der Waals surface area contributed by atoms with Crippen molar-refractivity contribution >= 4 is 28.3 Å². The van der Waals surface area contributed by atoms with Crippen LogP contribution in [-0.4, -0.2) is 36.1 Å². The molecule has 0 bridgehead atoms. The van der Waals surface area contributed by atoms with Gasteiger partial charge in [-0.15, -0.1) is 0 Å². The molecule has 2 heterocycles. The number of aromatic nitrogens is 1. The van der Waals surface area contributed by atoms with Crippen LogP contribution in [0.25, 0.3) is 10.9 Å². The SMILES string of the molecule is CC(C)(C)C(=O)NC1CCCCC1Nc1cc(N2CCCC2)c2ccccc2n1. The van der Waals surface area contributed by atoms with Gasteiger partial charge in [0.1, 0.15) is 5.82 Å².